The SMILES string of the molecule is NC(=O)CO[C@@H]1COCC[C@H]1NC(=O)c1cn2ccsc2n1. The zero-order valence-electron chi connectivity index (χ0n) is 11.7. The molecule has 3 N–H and O–H groups in total. The normalized spacial score (nSPS) is 21.8. The van der Waals surface area contributed by atoms with Crippen molar-refractivity contribution in [2.24, 2.45) is 5.73 Å². The molecule has 2 atom stereocenters. The Morgan fingerprint density at radius 2 is 2.45 bits per heavy atom. The summed E-state index contributed by atoms with van der Waals surface area (Å²) >= 11 is 1.46. The third kappa shape index (κ3) is 3.26. The monoisotopic (exact) mass is 324 g/mol. The van der Waals surface area contributed by atoms with Gasteiger partial charge in [-0.05, 0) is 6.42 Å². The molecule has 3 heterocycles. The Morgan fingerprint density at radius 3 is 3.23 bits per heavy atom. The summed E-state index contributed by atoms with van der Waals surface area (Å²) in [7, 11) is 0. The maximum absolute atomic E-state index is 12.3. The van der Waals surface area contributed by atoms with E-state index in [1.807, 2.05) is 11.6 Å². The molecule has 9 heteroatoms. The minimum atomic E-state index is -0.551. The van der Waals surface area contributed by atoms with Crippen LogP contribution in [0.5, 0.6) is 0 Å². The molecule has 1 aliphatic rings. The van der Waals surface area contributed by atoms with Gasteiger partial charge in [-0.25, -0.2) is 4.98 Å². The summed E-state index contributed by atoms with van der Waals surface area (Å²) in [5.41, 5.74) is 5.43. The van der Waals surface area contributed by atoms with E-state index in [-0.39, 0.29) is 18.6 Å². The second-order valence-corrected chi connectivity index (χ2v) is 5.85. The molecule has 1 saturated heterocycles. The second-order valence-electron chi connectivity index (χ2n) is 4.98. The van der Waals surface area contributed by atoms with E-state index >= 15 is 0 Å². The van der Waals surface area contributed by atoms with Crippen LogP contribution in [0.25, 0.3) is 4.96 Å². The minimum Gasteiger partial charge on any atom is -0.379 e. The van der Waals surface area contributed by atoms with Gasteiger partial charge in [-0.1, -0.05) is 0 Å². The van der Waals surface area contributed by atoms with Gasteiger partial charge in [0.2, 0.25) is 5.91 Å². The first-order valence-electron chi connectivity index (χ1n) is 6.84. The number of nitrogens with one attached hydrogen (secondary N) is 1. The molecule has 2 aromatic heterocycles. The molecular formula is C13H16N4O4S. The molecule has 3 rings (SSSR count). The number of primary amides is 1. The summed E-state index contributed by atoms with van der Waals surface area (Å²) in [6, 6.07) is -0.236. The van der Waals surface area contributed by atoms with Crippen molar-refractivity contribution in [2.75, 3.05) is 19.8 Å². The molecule has 1 fully saturated rings. The van der Waals surface area contributed by atoms with Crippen LogP contribution in [0.4, 0.5) is 0 Å². The number of carbonyl (C=O) groups is 2. The molecule has 0 unspecified atom stereocenters. The average Bonchev–Trinajstić information content (AvgIpc) is 3.07. The van der Waals surface area contributed by atoms with Gasteiger partial charge in [0.1, 0.15) is 18.4 Å². The fourth-order valence-corrected chi connectivity index (χ4v) is 3.01. The van der Waals surface area contributed by atoms with Crippen molar-refractivity contribution in [2.45, 2.75) is 18.6 Å². The predicted molar refractivity (Wildman–Crippen MR) is 78.7 cm³/mol. The number of hydrogen-bond donors (Lipinski definition) is 2. The van der Waals surface area contributed by atoms with Crippen LogP contribution in [0.3, 0.4) is 0 Å². The van der Waals surface area contributed by atoms with E-state index in [0.29, 0.717) is 25.3 Å². The number of carbonyl (C=O) groups excluding carboxylic acids is 2. The summed E-state index contributed by atoms with van der Waals surface area (Å²) in [4.78, 5) is 28.1. The number of ether oxygens (including phenoxy) is 2. The molecule has 2 amide bonds. The van der Waals surface area contributed by atoms with Gasteiger partial charge in [0, 0.05) is 24.4 Å². The van der Waals surface area contributed by atoms with Crippen LogP contribution in [0, 0.1) is 0 Å². The third-order valence-corrected chi connectivity index (χ3v) is 4.16. The largest absolute Gasteiger partial charge is 0.379 e. The van der Waals surface area contributed by atoms with Crippen molar-refractivity contribution in [3.63, 3.8) is 0 Å². The molecule has 0 saturated carbocycles. The Kier molecular flexibility index (Phi) is 4.36. The van der Waals surface area contributed by atoms with Crippen molar-refractivity contribution in [1.29, 1.82) is 0 Å². The van der Waals surface area contributed by atoms with E-state index in [0.717, 1.165) is 4.96 Å². The van der Waals surface area contributed by atoms with Crippen molar-refractivity contribution < 1.29 is 19.1 Å². The number of thiazole rings is 1. The number of rotatable bonds is 5. The Morgan fingerprint density at radius 1 is 1.59 bits per heavy atom. The molecule has 1 aliphatic heterocycles. The second kappa shape index (κ2) is 6.42. The van der Waals surface area contributed by atoms with Gasteiger partial charge in [0.15, 0.2) is 4.96 Å². The molecule has 118 valence electrons. The minimum absolute atomic E-state index is 0.194. The van der Waals surface area contributed by atoms with Crippen molar-refractivity contribution in [3.8, 4) is 0 Å². The molecule has 0 aliphatic carbocycles. The molecular weight excluding hydrogens is 308 g/mol. The smallest absolute Gasteiger partial charge is 0.271 e. The van der Waals surface area contributed by atoms with Crippen LogP contribution in [0.1, 0.15) is 16.9 Å². The van der Waals surface area contributed by atoms with E-state index < -0.39 is 12.0 Å². The van der Waals surface area contributed by atoms with E-state index in [1.54, 1.807) is 10.6 Å². The van der Waals surface area contributed by atoms with Gasteiger partial charge in [-0.15, -0.1) is 11.3 Å². The molecule has 2 aromatic rings. The number of imidazole rings is 1. The Labute approximate surface area is 130 Å². The van der Waals surface area contributed by atoms with E-state index in [2.05, 4.69) is 10.3 Å². The molecule has 8 nitrogen and oxygen atoms in total. The van der Waals surface area contributed by atoms with Gasteiger partial charge >= 0.3 is 0 Å². The fourth-order valence-electron chi connectivity index (χ4n) is 2.31. The predicted octanol–water partition coefficient (Wildman–Crippen LogP) is -0.215. The Balaban J connectivity index is 1.65. The highest BCUT2D eigenvalue weighted by molar-refractivity contribution is 7.15. The first kappa shape index (κ1) is 14.9. The summed E-state index contributed by atoms with van der Waals surface area (Å²) in [5.74, 6) is -0.819. The number of hydrogen-bond acceptors (Lipinski definition) is 6. The summed E-state index contributed by atoms with van der Waals surface area (Å²) in [6.07, 6.45) is 3.74. The van der Waals surface area contributed by atoms with Gasteiger partial charge < -0.3 is 20.5 Å². The number of amides is 2. The number of aromatic nitrogens is 2. The lowest BCUT2D eigenvalue weighted by Gasteiger charge is -2.31. The van der Waals surface area contributed by atoms with Gasteiger partial charge in [-0.3, -0.25) is 14.0 Å². The highest BCUT2D eigenvalue weighted by atomic mass is 32.1. The molecule has 0 aromatic carbocycles. The lowest BCUT2D eigenvalue weighted by molar-refractivity contribution is -0.129. The molecule has 22 heavy (non-hydrogen) atoms. The number of nitrogens with zero attached hydrogens (tertiary/aromatic N) is 2. The third-order valence-electron chi connectivity index (χ3n) is 3.39. The zero-order chi connectivity index (χ0) is 15.5. The highest BCUT2D eigenvalue weighted by Gasteiger charge is 2.29. The topological polar surface area (TPSA) is 108 Å². The van der Waals surface area contributed by atoms with Crippen LogP contribution >= 0.6 is 11.3 Å². The molecule has 0 bridgehead atoms. The van der Waals surface area contributed by atoms with Crippen molar-refractivity contribution >= 4 is 28.1 Å². The summed E-state index contributed by atoms with van der Waals surface area (Å²) in [5, 5.41) is 4.79. The zero-order valence-corrected chi connectivity index (χ0v) is 12.5. The number of fused-ring (bicyclic) bond motifs is 1. The first-order valence-corrected chi connectivity index (χ1v) is 7.72. The van der Waals surface area contributed by atoms with Crippen LogP contribution in [-0.4, -0.2) is 53.2 Å². The van der Waals surface area contributed by atoms with Gasteiger partial charge in [-0.2, -0.15) is 0 Å². The fraction of sp³-hybridized carbons (Fsp3) is 0.462. The lowest BCUT2D eigenvalue weighted by atomic mass is 10.1. The molecule has 0 radical (unpaired) electrons. The number of nitrogens with two attached hydrogens (primary N) is 1. The quantitative estimate of drug-likeness (QED) is 0.791. The van der Waals surface area contributed by atoms with E-state index in [9.17, 15) is 9.59 Å². The van der Waals surface area contributed by atoms with Crippen LogP contribution in [0.2, 0.25) is 0 Å². The van der Waals surface area contributed by atoms with Crippen LogP contribution in [0.15, 0.2) is 17.8 Å². The summed E-state index contributed by atoms with van der Waals surface area (Å²) in [6.45, 7) is 0.650. The maximum Gasteiger partial charge on any atom is 0.271 e. The lowest BCUT2D eigenvalue weighted by Crippen LogP contribution is -2.50. The van der Waals surface area contributed by atoms with Gasteiger partial charge in [0.25, 0.3) is 5.91 Å². The Bertz CT molecular complexity index is 654. The van der Waals surface area contributed by atoms with Crippen molar-refractivity contribution in [1.82, 2.24) is 14.7 Å². The maximum atomic E-state index is 12.3. The first-order chi connectivity index (χ1) is 10.6. The van der Waals surface area contributed by atoms with Crippen LogP contribution < -0.4 is 11.1 Å². The van der Waals surface area contributed by atoms with E-state index in [1.165, 1.54) is 11.3 Å². The van der Waals surface area contributed by atoms with Gasteiger partial charge in [0.05, 0.1) is 12.6 Å². The Hall–Kier alpha value is -1.97. The average molecular weight is 324 g/mol. The highest BCUT2D eigenvalue weighted by Crippen LogP contribution is 2.14. The van der Waals surface area contributed by atoms with E-state index in [4.69, 9.17) is 15.2 Å². The van der Waals surface area contributed by atoms with Crippen molar-refractivity contribution in [3.05, 3.63) is 23.5 Å². The van der Waals surface area contributed by atoms with Crippen LogP contribution in [-0.2, 0) is 14.3 Å². The summed E-state index contributed by atoms with van der Waals surface area (Å²) < 4.78 is 12.5. The standard InChI is InChI=1S/C13H16N4O4S/c14-11(18)7-21-10-6-20-3-1-8(10)15-12(19)9-5-17-2-4-22-13(17)16-9/h2,4-5,8,10H,1,3,6-7H2,(H2,14,18)(H,15,19)/t8-,10-/m1/s1. The molecule has 0 spiro atoms.